The molecule has 3 rings (SSSR count). The van der Waals surface area contributed by atoms with Crippen LogP contribution in [0, 0.1) is 0 Å². The second-order valence-electron chi connectivity index (χ2n) is 6.23. The number of nitrogens with two attached hydrogens (primary N) is 1. The van der Waals surface area contributed by atoms with Crippen LogP contribution in [0.15, 0.2) is 0 Å². The van der Waals surface area contributed by atoms with Crippen molar-refractivity contribution in [3.63, 3.8) is 0 Å². The topological polar surface area (TPSA) is 53.1 Å². The van der Waals surface area contributed by atoms with Gasteiger partial charge >= 0.3 is 0 Å². The number of imidazole rings is 1. The van der Waals surface area contributed by atoms with E-state index in [-0.39, 0.29) is 0 Å². The number of aromatic nitrogens is 2. The fourth-order valence-electron chi connectivity index (χ4n) is 3.76. The van der Waals surface area contributed by atoms with Crippen LogP contribution in [0.3, 0.4) is 0 Å². The van der Waals surface area contributed by atoms with Crippen LogP contribution < -0.4 is 5.73 Å². The molecule has 1 unspecified atom stereocenters. The van der Waals surface area contributed by atoms with Crippen LogP contribution in [0.5, 0.6) is 0 Å². The number of nitrogens with zero attached hydrogens (tertiary/aromatic N) is 2. The van der Waals surface area contributed by atoms with Crippen LogP contribution in [-0.4, -0.2) is 22.8 Å². The lowest BCUT2D eigenvalue weighted by Gasteiger charge is -2.22. The van der Waals surface area contributed by atoms with Crippen molar-refractivity contribution in [2.45, 2.75) is 70.3 Å². The maximum atomic E-state index is 6.40. The molecular weight excluding hydrogens is 250 g/mol. The third kappa shape index (κ3) is 2.58. The summed E-state index contributed by atoms with van der Waals surface area (Å²) in [5.74, 6) is 3.15. The van der Waals surface area contributed by atoms with Crippen molar-refractivity contribution in [2.75, 3.05) is 18.9 Å². The lowest BCUT2D eigenvalue weighted by atomic mass is 9.88. The second-order valence-corrected chi connectivity index (χ2v) is 6.23. The van der Waals surface area contributed by atoms with E-state index in [0.717, 1.165) is 44.1 Å². The first-order valence-electron chi connectivity index (χ1n) is 8.24. The van der Waals surface area contributed by atoms with E-state index in [9.17, 15) is 0 Å². The molecule has 0 bridgehead atoms. The van der Waals surface area contributed by atoms with Gasteiger partial charge in [-0.15, -0.1) is 0 Å². The Hall–Kier alpha value is -1.03. The zero-order valence-corrected chi connectivity index (χ0v) is 12.6. The van der Waals surface area contributed by atoms with Gasteiger partial charge in [0.1, 0.15) is 11.6 Å². The smallest absolute Gasteiger partial charge is 0.127 e. The van der Waals surface area contributed by atoms with Gasteiger partial charge in [0.2, 0.25) is 0 Å². The normalized spacial score (nSPS) is 24.9. The Kier molecular flexibility index (Phi) is 4.29. The lowest BCUT2D eigenvalue weighted by molar-refractivity contribution is 0.0795. The number of anilines is 1. The highest BCUT2D eigenvalue weighted by Gasteiger charge is 2.28. The molecule has 2 N–H and O–H groups in total. The standard InChI is InChI=1S/C16H27N3O/c1-2-19-15(17)14(13-9-6-10-20-11-13)18-16(19)12-7-4-3-5-8-12/h12-13H,2-11,17H2,1H3. The first-order valence-corrected chi connectivity index (χ1v) is 8.24. The summed E-state index contributed by atoms with van der Waals surface area (Å²) in [6.45, 7) is 4.78. The van der Waals surface area contributed by atoms with Gasteiger partial charge in [0.25, 0.3) is 0 Å². The minimum absolute atomic E-state index is 0.402. The zero-order valence-electron chi connectivity index (χ0n) is 12.6. The predicted molar refractivity (Wildman–Crippen MR) is 80.9 cm³/mol. The Morgan fingerprint density at radius 1 is 1.15 bits per heavy atom. The minimum atomic E-state index is 0.402. The molecule has 112 valence electrons. The summed E-state index contributed by atoms with van der Waals surface area (Å²) >= 11 is 0. The van der Waals surface area contributed by atoms with Gasteiger partial charge in [-0.25, -0.2) is 4.98 Å². The van der Waals surface area contributed by atoms with E-state index < -0.39 is 0 Å². The van der Waals surface area contributed by atoms with Gasteiger partial charge in [0.15, 0.2) is 0 Å². The minimum Gasteiger partial charge on any atom is -0.384 e. The molecule has 0 radical (unpaired) electrons. The van der Waals surface area contributed by atoms with Crippen molar-refractivity contribution < 1.29 is 4.74 Å². The molecule has 0 amide bonds. The van der Waals surface area contributed by atoms with Gasteiger partial charge < -0.3 is 15.0 Å². The molecule has 20 heavy (non-hydrogen) atoms. The van der Waals surface area contributed by atoms with Crippen LogP contribution in [-0.2, 0) is 11.3 Å². The molecular formula is C16H27N3O. The van der Waals surface area contributed by atoms with Crippen molar-refractivity contribution in [3.05, 3.63) is 11.5 Å². The van der Waals surface area contributed by atoms with Crippen LogP contribution in [0.1, 0.15) is 75.2 Å². The van der Waals surface area contributed by atoms with Gasteiger partial charge in [-0.05, 0) is 32.6 Å². The van der Waals surface area contributed by atoms with E-state index in [1.54, 1.807) is 0 Å². The van der Waals surface area contributed by atoms with Crippen molar-refractivity contribution in [3.8, 4) is 0 Å². The molecule has 1 aromatic heterocycles. The fourth-order valence-corrected chi connectivity index (χ4v) is 3.76. The van der Waals surface area contributed by atoms with Gasteiger partial charge in [0, 0.05) is 25.0 Å². The molecule has 2 heterocycles. The number of ether oxygens (including phenoxy) is 1. The summed E-state index contributed by atoms with van der Waals surface area (Å²) in [6.07, 6.45) is 8.89. The number of hydrogen-bond acceptors (Lipinski definition) is 3. The van der Waals surface area contributed by atoms with Crippen LogP contribution in [0.2, 0.25) is 0 Å². The maximum absolute atomic E-state index is 6.40. The SMILES string of the molecule is CCn1c(C2CCCCC2)nc(C2CCCOC2)c1N. The van der Waals surface area contributed by atoms with Crippen LogP contribution >= 0.6 is 0 Å². The molecule has 4 nitrogen and oxygen atoms in total. The maximum Gasteiger partial charge on any atom is 0.127 e. The summed E-state index contributed by atoms with van der Waals surface area (Å²) in [4.78, 5) is 4.99. The monoisotopic (exact) mass is 277 g/mol. The molecule has 4 heteroatoms. The Labute approximate surface area is 121 Å². The quantitative estimate of drug-likeness (QED) is 0.921. The Balaban J connectivity index is 1.89. The number of rotatable bonds is 3. The summed E-state index contributed by atoms with van der Waals surface area (Å²) in [5.41, 5.74) is 7.50. The Morgan fingerprint density at radius 3 is 2.55 bits per heavy atom. The molecule has 0 aromatic carbocycles. The van der Waals surface area contributed by atoms with E-state index >= 15 is 0 Å². The van der Waals surface area contributed by atoms with Gasteiger partial charge in [-0.1, -0.05) is 19.3 Å². The summed E-state index contributed by atoms with van der Waals surface area (Å²) in [6, 6.07) is 0. The molecule has 2 aliphatic rings. The predicted octanol–water partition coefficient (Wildman–Crippen LogP) is 3.43. The van der Waals surface area contributed by atoms with Crippen molar-refractivity contribution >= 4 is 5.82 Å². The molecule has 2 fully saturated rings. The first kappa shape index (κ1) is 13.9. The highest BCUT2D eigenvalue weighted by atomic mass is 16.5. The average Bonchev–Trinajstić information content (AvgIpc) is 2.86. The molecule has 1 aromatic rings. The van der Waals surface area contributed by atoms with Crippen molar-refractivity contribution in [1.82, 2.24) is 9.55 Å². The third-order valence-corrected chi connectivity index (χ3v) is 4.90. The highest BCUT2D eigenvalue weighted by molar-refractivity contribution is 5.41. The second kappa shape index (κ2) is 6.17. The Morgan fingerprint density at radius 2 is 1.90 bits per heavy atom. The molecule has 1 saturated heterocycles. The van der Waals surface area contributed by atoms with Gasteiger partial charge in [-0.2, -0.15) is 0 Å². The average molecular weight is 277 g/mol. The van der Waals surface area contributed by atoms with E-state index in [0.29, 0.717) is 11.8 Å². The van der Waals surface area contributed by atoms with Crippen molar-refractivity contribution in [1.29, 1.82) is 0 Å². The Bertz CT molecular complexity index is 443. The number of nitrogen functional groups attached to an aromatic ring is 1. The van der Waals surface area contributed by atoms with Crippen LogP contribution in [0.4, 0.5) is 5.82 Å². The van der Waals surface area contributed by atoms with Crippen molar-refractivity contribution in [2.24, 2.45) is 0 Å². The summed E-state index contributed by atoms with van der Waals surface area (Å²) in [7, 11) is 0. The molecule has 1 saturated carbocycles. The van der Waals surface area contributed by atoms with Gasteiger partial charge in [-0.3, -0.25) is 0 Å². The highest BCUT2D eigenvalue weighted by Crippen LogP contribution is 2.36. The summed E-state index contributed by atoms with van der Waals surface area (Å²) < 4.78 is 7.86. The van der Waals surface area contributed by atoms with Gasteiger partial charge in [0.05, 0.1) is 12.3 Å². The summed E-state index contributed by atoms with van der Waals surface area (Å²) in [5, 5.41) is 0. The van der Waals surface area contributed by atoms with E-state index in [4.69, 9.17) is 15.5 Å². The molecule has 1 aliphatic heterocycles. The first-order chi connectivity index (χ1) is 9.81. The molecule has 1 atom stereocenters. The molecule has 0 spiro atoms. The zero-order chi connectivity index (χ0) is 13.9. The van der Waals surface area contributed by atoms with Crippen LogP contribution in [0.25, 0.3) is 0 Å². The van der Waals surface area contributed by atoms with E-state index in [2.05, 4.69) is 11.5 Å². The fraction of sp³-hybridized carbons (Fsp3) is 0.812. The third-order valence-electron chi connectivity index (χ3n) is 4.90. The van der Waals surface area contributed by atoms with E-state index in [1.807, 2.05) is 0 Å². The molecule has 1 aliphatic carbocycles. The number of hydrogen-bond donors (Lipinski definition) is 1. The lowest BCUT2D eigenvalue weighted by Crippen LogP contribution is -2.17. The largest absolute Gasteiger partial charge is 0.384 e. The van der Waals surface area contributed by atoms with E-state index in [1.165, 1.54) is 37.9 Å².